The fourth-order valence-corrected chi connectivity index (χ4v) is 4.07. The first kappa shape index (κ1) is 18.1. The Balaban J connectivity index is 1.97. The van der Waals surface area contributed by atoms with Gasteiger partial charge < -0.3 is 4.42 Å². The molecular weight excluding hydrogens is 406 g/mol. The Morgan fingerprint density at radius 1 is 1.12 bits per heavy atom. The van der Waals surface area contributed by atoms with Crippen LogP contribution in [0.25, 0.3) is 5.70 Å². The Hall–Kier alpha value is -2.70. The van der Waals surface area contributed by atoms with Crippen LogP contribution in [0.1, 0.15) is 5.76 Å². The van der Waals surface area contributed by atoms with Gasteiger partial charge >= 0.3 is 5.88 Å². The third kappa shape index (κ3) is 3.92. The van der Waals surface area contributed by atoms with Gasteiger partial charge in [-0.2, -0.15) is 9.51 Å². The van der Waals surface area contributed by atoms with E-state index in [0.29, 0.717) is 10.6 Å². The largest absolute Gasteiger partial charge is 0.433 e. The fourth-order valence-electron chi connectivity index (χ4n) is 1.81. The van der Waals surface area contributed by atoms with Crippen molar-refractivity contribution in [2.45, 2.75) is 0 Å². The van der Waals surface area contributed by atoms with Crippen molar-refractivity contribution < 1.29 is 14.3 Å². The highest BCUT2D eigenvalue weighted by Crippen LogP contribution is 2.45. The van der Waals surface area contributed by atoms with Crippen molar-refractivity contribution >= 4 is 61.5 Å². The number of allylic oxidation sites excluding steroid dienone is 1. The minimum atomic E-state index is -0.675. The number of benzene rings is 1. The first-order valence-corrected chi connectivity index (χ1v) is 9.17. The predicted molar refractivity (Wildman–Crippen MR) is 98.4 cm³/mol. The van der Waals surface area contributed by atoms with E-state index in [2.05, 4.69) is 14.6 Å². The summed E-state index contributed by atoms with van der Waals surface area (Å²) in [6.45, 7) is 0. The van der Waals surface area contributed by atoms with Gasteiger partial charge in [-0.1, -0.05) is 11.6 Å². The summed E-state index contributed by atoms with van der Waals surface area (Å²) in [5, 5.41) is 29.7. The predicted octanol–water partition coefficient (Wildman–Crippen LogP) is 5.50. The smallest absolute Gasteiger partial charge is 0.399 e. The Bertz CT molecular complexity index is 970. The molecule has 13 heteroatoms. The number of halogens is 1. The van der Waals surface area contributed by atoms with Crippen LogP contribution in [0.5, 0.6) is 0 Å². The van der Waals surface area contributed by atoms with Gasteiger partial charge in [0.25, 0.3) is 5.69 Å². The Kier molecular flexibility index (Phi) is 5.35. The van der Waals surface area contributed by atoms with Crippen LogP contribution in [0.2, 0.25) is 0 Å². The quantitative estimate of drug-likeness (QED) is 0.208. The van der Waals surface area contributed by atoms with Crippen molar-refractivity contribution in [1.29, 1.82) is 0 Å². The molecule has 0 radical (unpaired) electrons. The maximum atomic E-state index is 10.8. The lowest BCUT2D eigenvalue weighted by molar-refractivity contribution is -0.402. The second-order valence-corrected chi connectivity index (χ2v) is 6.80. The number of nitro benzene ring substituents is 1. The Labute approximate surface area is 157 Å². The summed E-state index contributed by atoms with van der Waals surface area (Å²) < 4.78 is 9.11. The molecule has 26 heavy (non-hydrogen) atoms. The molecule has 0 aliphatic carbocycles. The van der Waals surface area contributed by atoms with Crippen LogP contribution in [0.4, 0.5) is 17.3 Å². The van der Waals surface area contributed by atoms with Crippen LogP contribution < -0.4 is 0 Å². The van der Waals surface area contributed by atoms with Crippen molar-refractivity contribution in [1.82, 2.24) is 0 Å². The molecule has 1 aliphatic heterocycles. The number of rotatable bonds is 5. The molecular formula is C13H6ClN5O5S2. The molecule has 3 rings (SSSR count). The fraction of sp³-hybridized carbons (Fsp3) is 0. The zero-order chi connectivity index (χ0) is 18.7. The van der Waals surface area contributed by atoms with E-state index in [9.17, 15) is 20.2 Å². The lowest BCUT2D eigenvalue weighted by Gasteiger charge is -2.00. The summed E-state index contributed by atoms with van der Waals surface area (Å²) in [5.74, 6) is -0.354. The summed E-state index contributed by atoms with van der Waals surface area (Å²) in [6, 6.07) is 7.97. The lowest BCUT2D eigenvalue weighted by atomic mass is 10.3. The summed E-state index contributed by atoms with van der Waals surface area (Å²) in [5.41, 5.74) is 0.431. The molecule has 0 bridgehead atoms. The second-order valence-electron chi connectivity index (χ2n) is 4.59. The van der Waals surface area contributed by atoms with Crippen LogP contribution in [-0.2, 0) is 0 Å². The molecule has 1 aliphatic rings. The number of furan rings is 1. The molecule has 0 N–H and O–H groups in total. The van der Waals surface area contributed by atoms with Crippen LogP contribution in [-0.4, -0.2) is 15.0 Å². The molecule has 0 saturated heterocycles. The lowest BCUT2D eigenvalue weighted by Crippen LogP contribution is -1.90. The third-order valence-electron chi connectivity index (χ3n) is 2.97. The summed E-state index contributed by atoms with van der Waals surface area (Å²) in [7, 11) is 2.32. The highest BCUT2D eigenvalue weighted by molar-refractivity contribution is 8.78. The molecule has 1 aromatic carbocycles. The third-order valence-corrected chi connectivity index (χ3v) is 5.29. The van der Waals surface area contributed by atoms with Gasteiger partial charge in [0.15, 0.2) is 10.9 Å². The SMILES string of the molecule is O=[N+]([O-])c1ccc(N=N/C(=C2/SSN=C2Cl)c2ccc([N+](=O)[O-])o2)cc1. The molecule has 0 unspecified atom stereocenters. The zero-order valence-electron chi connectivity index (χ0n) is 12.4. The van der Waals surface area contributed by atoms with E-state index in [1.165, 1.54) is 47.2 Å². The number of nitrogens with zero attached hydrogens (tertiary/aromatic N) is 5. The maximum Gasteiger partial charge on any atom is 0.433 e. The summed E-state index contributed by atoms with van der Waals surface area (Å²) >= 11 is 6.03. The normalized spacial score (nSPS) is 16.0. The van der Waals surface area contributed by atoms with Gasteiger partial charge in [-0.15, -0.1) is 5.11 Å². The van der Waals surface area contributed by atoms with Crippen LogP contribution in [0.15, 0.2) is 60.3 Å². The monoisotopic (exact) mass is 411 g/mol. The molecule has 2 heterocycles. The van der Waals surface area contributed by atoms with E-state index in [4.69, 9.17) is 16.0 Å². The average Bonchev–Trinajstić information content (AvgIpc) is 3.26. The van der Waals surface area contributed by atoms with Crippen molar-refractivity contribution in [2.24, 2.45) is 14.6 Å². The van der Waals surface area contributed by atoms with Gasteiger partial charge in [0.05, 0.1) is 32.6 Å². The van der Waals surface area contributed by atoms with Gasteiger partial charge in [-0.25, -0.2) is 0 Å². The Morgan fingerprint density at radius 3 is 2.38 bits per heavy atom. The molecule has 2 aromatic rings. The van der Waals surface area contributed by atoms with Crippen molar-refractivity contribution in [3.8, 4) is 0 Å². The van der Waals surface area contributed by atoms with Gasteiger partial charge in [-0.05, 0) is 29.0 Å². The summed E-state index contributed by atoms with van der Waals surface area (Å²) in [4.78, 5) is 20.7. The van der Waals surface area contributed by atoms with Gasteiger partial charge in [0, 0.05) is 12.1 Å². The molecule has 132 valence electrons. The van der Waals surface area contributed by atoms with Crippen molar-refractivity contribution in [2.75, 3.05) is 0 Å². The van der Waals surface area contributed by atoms with Crippen LogP contribution in [0.3, 0.4) is 0 Å². The minimum absolute atomic E-state index is 0.0814. The number of hydrogen-bond acceptors (Lipinski definition) is 10. The van der Waals surface area contributed by atoms with Crippen LogP contribution in [0, 0.1) is 20.2 Å². The highest BCUT2D eigenvalue weighted by atomic mass is 35.5. The molecule has 0 amide bonds. The van der Waals surface area contributed by atoms with E-state index in [-0.39, 0.29) is 22.3 Å². The number of nitro groups is 2. The van der Waals surface area contributed by atoms with Crippen LogP contribution >= 0.6 is 33.4 Å². The average molecular weight is 412 g/mol. The first-order valence-electron chi connectivity index (χ1n) is 6.68. The van der Waals surface area contributed by atoms with E-state index in [0.717, 1.165) is 11.0 Å². The number of azo groups is 1. The van der Waals surface area contributed by atoms with E-state index < -0.39 is 15.7 Å². The number of non-ortho nitro benzene ring substituents is 1. The zero-order valence-corrected chi connectivity index (χ0v) is 14.8. The molecule has 10 nitrogen and oxygen atoms in total. The van der Waals surface area contributed by atoms with Gasteiger partial charge in [0.2, 0.25) is 0 Å². The van der Waals surface area contributed by atoms with Gasteiger partial charge in [-0.3, -0.25) is 20.2 Å². The minimum Gasteiger partial charge on any atom is -0.399 e. The van der Waals surface area contributed by atoms with Crippen molar-refractivity contribution in [3.63, 3.8) is 0 Å². The van der Waals surface area contributed by atoms with Gasteiger partial charge in [0.1, 0.15) is 10.6 Å². The Morgan fingerprint density at radius 2 is 1.85 bits per heavy atom. The number of hydrogen-bond donors (Lipinski definition) is 0. The van der Waals surface area contributed by atoms with E-state index in [1.807, 2.05) is 0 Å². The van der Waals surface area contributed by atoms with E-state index in [1.54, 1.807) is 0 Å². The standard InChI is InChI=1S/C13H6ClN5O5S2/c14-13-12(25-26-17-13)11(9-5-6-10(24-9)19(22)23)16-15-7-1-3-8(4-2-7)18(20)21/h1-6H/b12-11+,16-15?. The molecule has 0 atom stereocenters. The van der Waals surface area contributed by atoms with Crippen molar-refractivity contribution in [3.05, 3.63) is 67.3 Å². The topological polar surface area (TPSA) is 136 Å². The first-order chi connectivity index (χ1) is 12.5. The second kappa shape index (κ2) is 7.68. The molecule has 0 spiro atoms. The summed E-state index contributed by atoms with van der Waals surface area (Å²) in [6.07, 6.45) is 0. The maximum absolute atomic E-state index is 10.8. The molecule has 1 aromatic heterocycles. The molecule has 0 saturated carbocycles. The molecule has 0 fully saturated rings. The van der Waals surface area contributed by atoms with E-state index >= 15 is 0 Å². The highest BCUT2D eigenvalue weighted by Gasteiger charge is 2.24.